The van der Waals surface area contributed by atoms with E-state index in [1.54, 1.807) is 42.5 Å². The highest BCUT2D eigenvalue weighted by atomic mass is 35.5. The summed E-state index contributed by atoms with van der Waals surface area (Å²) in [5.74, 6) is 0.470. The monoisotopic (exact) mass is 446 g/mol. The number of benzene rings is 2. The fourth-order valence-corrected chi connectivity index (χ4v) is 4.56. The summed E-state index contributed by atoms with van der Waals surface area (Å²) >= 11 is 26.6. The zero-order valence-corrected chi connectivity index (χ0v) is 17.3. The van der Waals surface area contributed by atoms with Crippen LogP contribution in [0.4, 0.5) is 0 Å². The van der Waals surface area contributed by atoms with Crippen LogP contribution in [0.15, 0.2) is 60.0 Å². The van der Waals surface area contributed by atoms with E-state index < -0.39 is 0 Å². The SMILES string of the molecule is Clc1cccc(Cl)c1OCC(Cn1ccnc1)Sc1c(Cl)cccc1Cl. The Morgan fingerprint density at radius 1 is 0.962 bits per heavy atom. The molecule has 0 saturated carbocycles. The van der Waals surface area contributed by atoms with Gasteiger partial charge in [-0.1, -0.05) is 58.5 Å². The number of hydrogen-bond donors (Lipinski definition) is 0. The maximum Gasteiger partial charge on any atom is 0.156 e. The van der Waals surface area contributed by atoms with Crippen LogP contribution >= 0.6 is 58.2 Å². The largest absolute Gasteiger partial charge is 0.489 e. The second-order valence-electron chi connectivity index (χ2n) is 5.41. The van der Waals surface area contributed by atoms with E-state index in [-0.39, 0.29) is 5.25 Å². The highest BCUT2D eigenvalue weighted by Gasteiger charge is 2.18. The maximum atomic E-state index is 6.32. The average Bonchev–Trinajstić information content (AvgIpc) is 3.10. The molecule has 0 aliphatic heterocycles. The average molecular weight is 448 g/mol. The van der Waals surface area contributed by atoms with E-state index in [4.69, 9.17) is 51.1 Å². The minimum absolute atomic E-state index is 0.00828. The van der Waals surface area contributed by atoms with E-state index in [0.29, 0.717) is 39.0 Å². The first kappa shape index (κ1) is 19.7. The van der Waals surface area contributed by atoms with Crippen LogP contribution in [0.2, 0.25) is 20.1 Å². The number of para-hydroxylation sites is 1. The summed E-state index contributed by atoms with van der Waals surface area (Å²) in [6, 6.07) is 10.7. The van der Waals surface area contributed by atoms with Gasteiger partial charge in [0.1, 0.15) is 6.61 Å². The van der Waals surface area contributed by atoms with Gasteiger partial charge < -0.3 is 9.30 Å². The van der Waals surface area contributed by atoms with Crippen molar-refractivity contribution in [3.63, 3.8) is 0 Å². The maximum absolute atomic E-state index is 6.32. The number of thioether (sulfide) groups is 1. The van der Waals surface area contributed by atoms with Crippen molar-refractivity contribution in [1.29, 1.82) is 0 Å². The fraction of sp³-hybridized carbons (Fsp3) is 0.167. The Hall–Kier alpha value is -1.04. The molecule has 1 aromatic heterocycles. The lowest BCUT2D eigenvalue weighted by Crippen LogP contribution is -2.20. The molecule has 136 valence electrons. The Labute approximate surface area is 176 Å². The van der Waals surface area contributed by atoms with E-state index in [1.807, 2.05) is 29.0 Å². The van der Waals surface area contributed by atoms with Gasteiger partial charge in [0.2, 0.25) is 0 Å². The minimum Gasteiger partial charge on any atom is -0.489 e. The zero-order valence-electron chi connectivity index (χ0n) is 13.4. The normalized spacial score (nSPS) is 12.2. The van der Waals surface area contributed by atoms with Gasteiger partial charge in [0, 0.05) is 23.8 Å². The molecule has 3 rings (SSSR count). The highest BCUT2D eigenvalue weighted by Crippen LogP contribution is 2.38. The van der Waals surface area contributed by atoms with Gasteiger partial charge in [0.05, 0.1) is 31.7 Å². The van der Waals surface area contributed by atoms with Gasteiger partial charge in [-0.25, -0.2) is 4.98 Å². The predicted molar refractivity (Wildman–Crippen MR) is 110 cm³/mol. The lowest BCUT2D eigenvalue weighted by Gasteiger charge is -2.20. The van der Waals surface area contributed by atoms with Crippen molar-refractivity contribution < 1.29 is 4.74 Å². The van der Waals surface area contributed by atoms with Crippen LogP contribution in [0.1, 0.15) is 0 Å². The summed E-state index contributed by atoms with van der Waals surface area (Å²) in [6.07, 6.45) is 5.38. The number of nitrogens with zero attached hydrogens (tertiary/aromatic N) is 2. The van der Waals surface area contributed by atoms with Crippen LogP contribution in [-0.2, 0) is 6.54 Å². The van der Waals surface area contributed by atoms with E-state index in [0.717, 1.165) is 4.90 Å². The summed E-state index contributed by atoms with van der Waals surface area (Å²) in [6.45, 7) is 1.03. The van der Waals surface area contributed by atoms with Gasteiger partial charge in [-0.2, -0.15) is 0 Å². The van der Waals surface area contributed by atoms with Crippen LogP contribution < -0.4 is 4.74 Å². The molecule has 26 heavy (non-hydrogen) atoms. The lowest BCUT2D eigenvalue weighted by atomic mass is 10.3. The van der Waals surface area contributed by atoms with Crippen molar-refractivity contribution >= 4 is 58.2 Å². The molecule has 0 aliphatic carbocycles. The number of aromatic nitrogens is 2. The first-order valence-electron chi connectivity index (χ1n) is 7.68. The van der Waals surface area contributed by atoms with Gasteiger partial charge in [-0.15, -0.1) is 11.8 Å². The molecule has 0 bridgehead atoms. The molecule has 1 atom stereocenters. The highest BCUT2D eigenvalue weighted by molar-refractivity contribution is 8.00. The fourth-order valence-electron chi connectivity index (χ4n) is 2.31. The van der Waals surface area contributed by atoms with Crippen molar-refractivity contribution in [2.75, 3.05) is 6.61 Å². The molecule has 0 amide bonds. The molecule has 8 heteroatoms. The van der Waals surface area contributed by atoms with Crippen LogP contribution in [0.3, 0.4) is 0 Å². The molecule has 3 nitrogen and oxygen atoms in total. The van der Waals surface area contributed by atoms with Gasteiger partial charge in [-0.05, 0) is 24.3 Å². The molecule has 0 saturated heterocycles. The van der Waals surface area contributed by atoms with Gasteiger partial charge >= 0.3 is 0 Å². The Morgan fingerprint density at radius 3 is 2.15 bits per heavy atom. The topological polar surface area (TPSA) is 27.1 Å². The predicted octanol–water partition coefficient (Wildman–Crippen LogP) is 6.74. The van der Waals surface area contributed by atoms with E-state index in [9.17, 15) is 0 Å². The Kier molecular flexibility index (Phi) is 7.01. The van der Waals surface area contributed by atoms with Crippen molar-refractivity contribution in [1.82, 2.24) is 9.55 Å². The van der Waals surface area contributed by atoms with E-state index in [2.05, 4.69) is 4.98 Å². The summed E-state index contributed by atoms with van der Waals surface area (Å²) < 4.78 is 7.90. The molecule has 0 N–H and O–H groups in total. The Morgan fingerprint density at radius 2 is 1.58 bits per heavy atom. The number of halogens is 4. The third kappa shape index (κ3) is 5.02. The van der Waals surface area contributed by atoms with Gasteiger partial charge in [0.25, 0.3) is 0 Å². The molecule has 2 aromatic carbocycles. The Bertz CT molecular complexity index is 833. The first-order chi connectivity index (χ1) is 12.5. The number of hydrogen-bond acceptors (Lipinski definition) is 3. The smallest absolute Gasteiger partial charge is 0.156 e. The van der Waals surface area contributed by atoms with Crippen molar-refractivity contribution in [3.8, 4) is 5.75 Å². The quantitative estimate of drug-likeness (QED) is 0.375. The number of ether oxygens (including phenoxy) is 1. The molecular weight excluding hydrogens is 434 g/mol. The van der Waals surface area contributed by atoms with Gasteiger partial charge in [0.15, 0.2) is 5.75 Å². The summed E-state index contributed by atoms with van der Waals surface area (Å²) in [5, 5.41) is 2.16. The number of rotatable bonds is 7. The van der Waals surface area contributed by atoms with Gasteiger partial charge in [-0.3, -0.25) is 0 Å². The van der Waals surface area contributed by atoms with Crippen LogP contribution in [0.25, 0.3) is 0 Å². The molecule has 1 heterocycles. The zero-order chi connectivity index (χ0) is 18.5. The third-order valence-corrected chi connectivity index (χ3v) is 6.25. The molecule has 1 unspecified atom stereocenters. The minimum atomic E-state index is 0.00828. The summed E-state index contributed by atoms with van der Waals surface area (Å²) in [4.78, 5) is 4.90. The Balaban J connectivity index is 1.79. The second-order valence-corrected chi connectivity index (χ2v) is 8.35. The third-order valence-electron chi connectivity index (χ3n) is 3.51. The molecule has 0 radical (unpaired) electrons. The van der Waals surface area contributed by atoms with Crippen molar-refractivity contribution in [2.45, 2.75) is 16.7 Å². The molecular formula is C18H14Cl4N2OS. The lowest BCUT2D eigenvalue weighted by molar-refractivity contribution is 0.308. The molecule has 0 spiro atoms. The molecule has 0 aliphatic rings. The van der Waals surface area contributed by atoms with Crippen LogP contribution in [0, 0.1) is 0 Å². The second kappa shape index (κ2) is 9.25. The first-order valence-corrected chi connectivity index (χ1v) is 10.1. The van der Waals surface area contributed by atoms with Crippen molar-refractivity contribution in [2.24, 2.45) is 0 Å². The van der Waals surface area contributed by atoms with E-state index >= 15 is 0 Å². The molecule has 3 aromatic rings. The summed E-state index contributed by atoms with van der Waals surface area (Å²) in [5.41, 5.74) is 0. The van der Waals surface area contributed by atoms with Crippen LogP contribution in [0.5, 0.6) is 5.75 Å². The number of imidazole rings is 1. The van der Waals surface area contributed by atoms with E-state index in [1.165, 1.54) is 0 Å². The van der Waals surface area contributed by atoms with Crippen molar-refractivity contribution in [3.05, 3.63) is 75.2 Å². The molecule has 0 fully saturated rings. The standard InChI is InChI=1S/C18H14Cl4N2OS/c19-13-3-1-4-14(20)17(13)25-10-12(9-24-8-7-23-11-24)26-18-15(21)5-2-6-16(18)22/h1-8,11-12H,9-10H2. The summed E-state index contributed by atoms with van der Waals surface area (Å²) in [7, 11) is 0. The van der Waals surface area contributed by atoms with Crippen LogP contribution in [-0.4, -0.2) is 21.4 Å².